The highest BCUT2D eigenvalue weighted by Gasteiger charge is 2.24. The molecule has 0 unspecified atom stereocenters. The van der Waals surface area contributed by atoms with Crippen molar-refractivity contribution in [1.29, 1.82) is 0 Å². The Bertz CT molecular complexity index is 1540. The number of carbonyl (C=O) groups is 1. The molecule has 0 fully saturated rings. The molecule has 5 N–H and O–H groups in total. The van der Waals surface area contributed by atoms with Gasteiger partial charge in [0.2, 0.25) is 17.8 Å². The summed E-state index contributed by atoms with van der Waals surface area (Å²) in [5.41, 5.74) is 3.05. The van der Waals surface area contributed by atoms with Crippen molar-refractivity contribution in [2.24, 2.45) is 0 Å². The van der Waals surface area contributed by atoms with E-state index in [2.05, 4.69) is 47.4 Å². The largest absolute Gasteiger partial charge is 0.494 e. The summed E-state index contributed by atoms with van der Waals surface area (Å²) in [6, 6.07) is 9.33. The molecule has 2 heterocycles. The Morgan fingerprint density at radius 1 is 1.07 bits per heavy atom. The predicted octanol–water partition coefficient (Wildman–Crippen LogP) is 4.20. The number of aromatic amines is 1. The van der Waals surface area contributed by atoms with Gasteiger partial charge in [-0.3, -0.25) is 4.79 Å². The summed E-state index contributed by atoms with van der Waals surface area (Å²) in [5, 5.41) is 21.1. The van der Waals surface area contributed by atoms with Crippen molar-refractivity contribution in [3.8, 4) is 5.75 Å². The number of nitrogens with one attached hydrogen (secondary N) is 4. The molecular weight excluding hydrogens is 522 g/mol. The van der Waals surface area contributed by atoms with E-state index in [0.29, 0.717) is 28.4 Å². The van der Waals surface area contributed by atoms with E-state index in [-0.39, 0.29) is 17.8 Å². The average molecular weight is 560 g/mol. The summed E-state index contributed by atoms with van der Waals surface area (Å²) < 4.78 is 5.68. The molecule has 12 heteroatoms. The van der Waals surface area contributed by atoms with Crippen LogP contribution in [0.15, 0.2) is 55.5 Å². The molecule has 2 aromatic heterocycles. The molecule has 0 atom stereocenters. The SMILES string of the molecule is C=CC(=O)Nc1cc(Nc2ncnc(Nc3ccc4[nH]ccc4c3C(C)(C)O)n2)c(OC)cc1N(C)CCN(C)C. The van der Waals surface area contributed by atoms with Crippen LogP contribution in [0.1, 0.15) is 19.4 Å². The van der Waals surface area contributed by atoms with E-state index in [0.717, 1.165) is 29.7 Å². The van der Waals surface area contributed by atoms with Crippen molar-refractivity contribution < 1.29 is 14.6 Å². The number of aromatic nitrogens is 4. The number of carbonyl (C=O) groups excluding carboxylic acids is 1. The molecule has 1 amide bonds. The number of hydrogen-bond donors (Lipinski definition) is 5. The monoisotopic (exact) mass is 559 g/mol. The molecule has 4 aromatic rings. The summed E-state index contributed by atoms with van der Waals surface area (Å²) >= 11 is 0. The van der Waals surface area contributed by atoms with E-state index in [1.165, 1.54) is 12.4 Å². The quantitative estimate of drug-likeness (QED) is 0.160. The maximum atomic E-state index is 12.3. The lowest BCUT2D eigenvalue weighted by molar-refractivity contribution is -0.111. The van der Waals surface area contributed by atoms with Crippen molar-refractivity contribution in [1.82, 2.24) is 24.8 Å². The Morgan fingerprint density at radius 2 is 1.78 bits per heavy atom. The molecule has 216 valence electrons. The van der Waals surface area contributed by atoms with Crippen LogP contribution in [0.2, 0.25) is 0 Å². The molecule has 0 saturated heterocycles. The Hall–Kier alpha value is -4.68. The third-order valence-corrected chi connectivity index (χ3v) is 6.47. The van der Waals surface area contributed by atoms with Crippen LogP contribution in [-0.4, -0.2) is 77.2 Å². The number of likely N-dealkylation sites (N-methyl/N-ethyl adjacent to an activating group) is 2. The number of benzene rings is 2. The van der Waals surface area contributed by atoms with Crippen LogP contribution in [0.5, 0.6) is 5.75 Å². The fourth-order valence-corrected chi connectivity index (χ4v) is 4.46. The van der Waals surface area contributed by atoms with Crippen molar-refractivity contribution in [3.63, 3.8) is 0 Å². The number of hydrogen-bond acceptors (Lipinski definition) is 10. The molecule has 0 aliphatic carbocycles. The predicted molar refractivity (Wildman–Crippen MR) is 164 cm³/mol. The van der Waals surface area contributed by atoms with Crippen molar-refractivity contribution in [3.05, 3.63) is 61.1 Å². The van der Waals surface area contributed by atoms with Crippen LogP contribution in [0, 0.1) is 0 Å². The van der Waals surface area contributed by atoms with Gasteiger partial charge in [-0.05, 0) is 58.3 Å². The summed E-state index contributed by atoms with van der Waals surface area (Å²) in [6.07, 6.45) is 4.43. The van der Waals surface area contributed by atoms with Gasteiger partial charge >= 0.3 is 0 Å². The fourth-order valence-electron chi connectivity index (χ4n) is 4.46. The topological polar surface area (TPSA) is 144 Å². The summed E-state index contributed by atoms with van der Waals surface area (Å²) in [6.45, 7) is 8.58. The minimum atomic E-state index is -1.13. The van der Waals surface area contributed by atoms with E-state index >= 15 is 0 Å². The van der Waals surface area contributed by atoms with Gasteiger partial charge in [0.25, 0.3) is 0 Å². The number of ether oxygens (including phenoxy) is 1. The second-order valence-corrected chi connectivity index (χ2v) is 10.4. The zero-order valence-corrected chi connectivity index (χ0v) is 24.2. The minimum absolute atomic E-state index is 0.253. The average Bonchev–Trinajstić information content (AvgIpc) is 3.40. The van der Waals surface area contributed by atoms with Crippen molar-refractivity contribution in [2.45, 2.75) is 19.4 Å². The van der Waals surface area contributed by atoms with Gasteiger partial charge in [-0.2, -0.15) is 4.98 Å². The van der Waals surface area contributed by atoms with Crippen LogP contribution in [0.25, 0.3) is 10.9 Å². The minimum Gasteiger partial charge on any atom is -0.494 e. The third kappa shape index (κ3) is 6.91. The summed E-state index contributed by atoms with van der Waals surface area (Å²) in [5.74, 6) is 0.729. The first-order valence-electron chi connectivity index (χ1n) is 13.1. The molecule has 0 aliphatic rings. The van der Waals surface area contributed by atoms with Gasteiger partial charge in [0.1, 0.15) is 12.1 Å². The van der Waals surface area contributed by atoms with Crippen molar-refractivity contribution >= 4 is 51.5 Å². The zero-order valence-electron chi connectivity index (χ0n) is 24.2. The standard InChI is InChI=1S/C29H37N9O3/c1-8-25(39)33-21-15-22(24(41-7)16-23(21)38(6)14-13-37(4)5)35-28-32-17-31-27(36-28)34-20-10-9-19-18(11-12-30-19)26(20)29(2,3)40/h8-12,15-17,30,40H,1,13-14H2,2-7H3,(H,33,39)(H2,31,32,34,35,36). The highest BCUT2D eigenvalue weighted by atomic mass is 16.5. The van der Waals surface area contributed by atoms with Gasteiger partial charge in [-0.15, -0.1) is 0 Å². The number of H-pyrrole nitrogens is 1. The fraction of sp³-hybridized carbons (Fsp3) is 0.310. The van der Waals surface area contributed by atoms with Gasteiger partial charge in [0.05, 0.1) is 29.8 Å². The molecule has 12 nitrogen and oxygen atoms in total. The number of anilines is 6. The summed E-state index contributed by atoms with van der Waals surface area (Å²) in [7, 11) is 7.53. The molecule has 0 aliphatic heterocycles. The molecule has 0 bridgehead atoms. The lowest BCUT2D eigenvalue weighted by Crippen LogP contribution is -2.29. The van der Waals surface area contributed by atoms with Gasteiger partial charge in [-0.25, -0.2) is 9.97 Å². The van der Waals surface area contributed by atoms with E-state index in [4.69, 9.17) is 4.74 Å². The lowest BCUT2D eigenvalue weighted by Gasteiger charge is -2.26. The maximum Gasteiger partial charge on any atom is 0.247 e. The molecule has 41 heavy (non-hydrogen) atoms. The first kappa shape index (κ1) is 29.3. The normalized spacial score (nSPS) is 11.4. The first-order valence-corrected chi connectivity index (χ1v) is 13.1. The van der Waals surface area contributed by atoms with E-state index in [9.17, 15) is 9.90 Å². The Kier molecular flexibility index (Phi) is 8.74. The molecule has 0 radical (unpaired) electrons. The Labute approximate surface area is 239 Å². The zero-order chi connectivity index (χ0) is 29.7. The smallest absolute Gasteiger partial charge is 0.247 e. The van der Waals surface area contributed by atoms with E-state index in [1.54, 1.807) is 27.0 Å². The lowest BCUT2D eigenvalue weighted by atomic mass is 9.93. The molecule has 4 rings (SSSR count). The van der Waals surface area contributed by atoms with Gasteiger partial charge in [-0.1, -0.05) is 6.58 Å². The van der Waals surface area contributed by atoms with E-state index in [1.807, 2.05) is 56.5 Å². The maximum absolute atomic E-state index is 12.3. The number of aliphatic hydroxyl groups is 1. The second kappa shape index (κ2) is 12.2. The first-order chi connectivity index (χ1) is 19.5. The van der Waals surface area contributed by atoms with Gasteiger partial charge in [0.15, 0.2) is 0 Å². The van der Waals surface area contributed by atoms with Crippen LogP contribution < -0.4 is 25.6 Å². The van der Waals surface area contributed by atoms with Crippen molar-refractivity contribution in [2.75, 3.05) is 62.2 Å². The van der Waals surface area contributed by atoms with Crippen LogP contribution in [0.3, 0.4) is 0 Å². The van der Waals surface area contributed by atoms with Crippen LogP contribution >= 0.6 is 0 Å². The second-order valence-electron chi connectivity index (χ2n) is 10.4. The highest BCUT2D eigenvalue weighted by molar-refractivity contribution is 6.02. The molecule has 0 saturated carbocycles. The van der Waals surface area contributed by atoms with Crippen LogP contribution in [0.4, 0.5) is 34.6 Å². The highest BCUT2D eigenvalue weighted by Crippen LogP contribution is 2.38. The Morgan fingerprint density at radius 3 is 2.41 bits per heavy atom. The van der Waals surface area contributed by atoms with E-state index < -0.39 is 5.60 Å². The molecule has 2 aromatic carbocycles. The summed E-state index contributed by atoms with van der Waals surface area (Å²) in [4.78, 5) is 32.6. The van der Waals surface area contributed by atoms with Crippen LogP contribution in [-0.2, 0) is 10.4 Å². The molecular formula is C29H37N9O3. The number of methoxy groups -OCH3 is 1. The number of nitrogens with zero attached hydrogens (tertiary/aromatic N) is 5. The van der Waals surface area contributed by atoms with Gasteiger partial charge in [0, 0.05) is 54.6 Å². The third-order valence-electron chi connectivity index (χ3n) is 6.47. The number of rotatable bonds is 12. The van der Waals surface area contributed by atoms with Gasteiger partial charge < -0.3 is 40.6 Å². The molecule has 0 spiro atoms. The Balaban J connectivity index is 1.66. The number of fused-ring (bicyclic) bond motifs is 1. The number of amides is 1.